The van der Waals surface area contributed by atoms with Crippen LogP contribution in [0.5, 0.6) is 0 Å². The highest BCUT2D eigenvalue weighted by atomic mass is 15.1. The van der Waals surface area contributed by atoms with E-state index in [-0.39, 0.29) is 0 Å². The van der Waals surface area contributed by atoms with Crippen LogP contribution in [-0.2, 0) is 0 Å². The summed E-state index contributed by atoms with van der Waals surface area (Å²) in [6.45, 7) is 14.8. The highest BCUT2D eigenvalue weighted by molar-refractivity contribution is 4.91. The number of nitrogens with one attached hydrogen (secondary N) is 1. The van der Waals surface area contributed by atoms with E-state index in [2.05, 4.69) is 37.9 Å². The molecule has 2 rings (SSSR count). The van der Waals surface area contributed by atoms with Crippen LogP contribution in [0.2, 0.25) is 0 Å². The average molecular weight is 266 g/mol. The van der Waals surface area contributed by atoms with E-state index in [1.54, 1.807) is 0 Å². The van der Waals surface area contributed by atoms with Crippen molar-refractivity contribution in [3.05, 3.63) is 0 Å². The molecule has 0 bridgehead atoms. The Bertz CT molecular complexity index is 268. The Hall–Kier alpha value is -0.0800. The standard InChI is InChI=1S/C17H34N2/c1-14(13-19-8-6-5-7-9-19)12-18-16-11-17(3,4)10-15(16)2/h14-16,18H,5-13H2,1-4H3. The van der Waals surface area contributed by atoms with Crippen molar-refractivity contribution in [2.24, 2.45) is 17.3 Å². The third kappa shape index (κ3) is 4.75. The summed E-state index contributed by atoms with van der Waals surface area (Å²) in [5.41, 5.74) is 0.549. The minimum absolute atomic E-state index is 0.549. The fourth-order valence-corrected chi connectivity index (χ4v) is 4.17. The van der Waals surface area contributed by atoms with Crippen molar-refractivity contribution in [3.8, 4) is 0 Å². The average Bonchev–Trinajstić information content (AvgIpc) is 2.61. The zero-order chi connectivity index (χ0) is 13.9. The van der Waals surface area contributed by atoms with Crippen molar-refractivity contribution >= 4 is 0 Å². The van der Waals surface area contributed by atoms with Crippen molar-refractivity contribution in [2.45, 2.75) is 65.8 Å². The maximum Gasteiger partial charge on any atom is 0.00980 e. The van der Waals surface area contributed by atoms with Gasteiger partial charge in [-0.2, -0.15) is 0 Å². The lowest BCUT2D eigenvalue weighted by Crippen LogP contribution is -2.40. The fraction of sp³-hybridized carbons (Fsp3) is 1.00. The molecular weight excluding hydrogens is 232 g/mol. The van der Waals surface area contributed by atoms with Crippen molar-refractivity contribution in [2.75, 3.05) is 26.2 Å². The van der Waals surface area contributed by atoms with Crippen LogP contribution < -0.4 is 5.32 Å². The van der Waals surface area contributed by atoms with Gasteiger partial charge in [0, 0.05) is 12.6 Å². The molecule has 2 nitrogen and oxygen atoms in total. The molecule has 2 aliphatic rings. The van der Waals surface area contributed by atoms with E-state index in [1.807, 2.05) is 0 Å². The molecule has 0 amide bonds. The molecule has 3 unspecified atom stereocenters. The molecule has 112 valence electrons. The van der Waals surface area contributed by atoms with Crippen LogP contribution in [0.4, 0.5) is 0 Å². The molecular formula is C17H34N2. The minimum atomic E-state index is 0.549. The fourth-order valence-electron chi connectivity index (χ4n) is 4.17. The third-order valence-corrected chi connectivity index (χ3v) is 5.08. The van der Waals surface area contributed by atoms with Crippen LogP contribution in [0.15, 0.2) is 0 Å². The first-order valence-corrected chi connectivity index (χ1v) is 8.42. The summed E-state index contributed by atoms with van der Waals surface area (Å²) in [4.78, 5) is 2.66. The smallest absolute Gasteiger partial charge is 0.00980 e. The highest BCUT2D eigenvalue weighted by Crippen LogP contribution is 2.40. The molecule has 0 aromatic rings. The van der Waals surface area contributed by atoms with Crippen LogP contribution in [-0.4, -0.2) is 37.1 Å². The van der Waals surface area contributed by atoms with E-state index in [4.69, 9.17) is 0 Å². The molecule has 1 aliphatic carbocycles. The summed E-state index contributed by atoms with van der Waals surface area (Å²) < 4.78 is 0. The number of piperidine rings is 1. The normalized spacial score (nSPS) is 33.5. The number of nitrogens with zero attached hydrogens (tertiary/aromatic N) is 1. The van der Waals surface area contributed by atoms with Crippen LogP contribution in [0.1, 0.15) is 59.8 Å². The van der Waals surface area contributed by atoms with E-state index in [9.17, 15) is 0 Å². The van der Waals surface area contributed by atoms with Crippen LogP contribution in [0.3, 0.4) is 0 Å². The van der Waals surface area contributed by atoms with Crippen molar-refractivity contribution in [1.82, 2.24) is 10.2 Å². The van der Waals surface area contributed by atoms with E-state index < -0.39 is 0 Å². The first-order chi connectivity index (χ1) is 8.96. The molecule has 0 radical (unpaired) electrons. The molecule has 1 saturated carbocycles. The Morgan fingerprint density at radius 1 is 1.16 bits per heavy atom. The first-order valence-electron chi connectivity index (χ1n) is 8.42. The van der Waals surface area contributed by atoms with Gasteiger partial charge in [-0.25, -0.2) is 0 Å². The lowest BCUT2D eigenvalue weighted by Gasteiger charge is -2.30. The van der Waals surface area contributed by atoms with Crippen LogP contribution >= 0.6 is 0 Å². The van der Waals surface area contributed by atoms with E-state index in [0.29, 0.717) is 5.41 Å². The van der Waals surface area contributed by atoms with Crippen molar-refractivity contribution < 1.29 is 0 Å². The highest BCUT2D eigenvalue weighted by Gasteiger charge is 2.36. The number of likely N-dealkylation sites (tertiary alicyclic amines) is 1. The summed E-state index contributed by atoms with van der Waals surface area (Å²) in [5, 5.41) is 3.85. The molecule has 1 saturated heterocycles. The zero-order valence-electron chi connectivity index (χ0n) is 13.5. The Balaban J connectivity index is 1.67. The van der Waals surface area contributed by atoms with Gasteiger partial charge < -0.3 is 10.2 Å². The zero-order valence-corrected chi connectivity index (χ0v) is 13.5. The largest absolute Gasteiger partial charge is 0.313 e. The SMILES string of the molecule is CC(CNC1CC(C)(C)CC1C)CN1CCCCC1. The van der Waals surface area contributed by atoms with E-state index in [1.165, 1.54) is 58.3 Å². The predicted molar refractivity (Wildman–Crippen MR) is 83.4 cm³/mol. The number of hydrogen-bond donors (Lipinski definition) is 1. The maximum absolute atomic E-state index is 3.85. The monoisotopic (exact) mass is 266 g/mol. The van der Waals surface area contributed by atoms with Gasteiger partial charge in [0.05, 0.1) is 0 Å². The first kappa shape index (κ1) is 15.3. The third-order valence-electron chi connectivity index (χ3n) is 5.08. The molecule has 1 aliphatic heterocycles. The summed E-state index contributed by atoms with van der Waals surface area (Å²) in [6, 6.07) is 0.749. The molecule has 19 heavy (non-hydrogen) atoms. The Labute approximate surface area is 120 Å². The van der Waals surface area contributed by atoms with E-state index in [0.717, 1.165) is 17.9 Å². The molecule has 1 heterocycles. The molecule has 2 heteroatoms. The summed E-state index contributed by atoms with van der Waals surface area (Å²) >= 11 is 0. The lowest BCUT2D eigenvalue weighted by atomic mass is 9.91. The summed E-state index contributed by atoms with van der Waals surface area (Å²) in [7, 11) is 0. The van der Waals surface area contributed by atoms with Gasteiger partial charge in [-0.15, -0.1) is 0 Å². The summed E-state index contributed by atoms with van der Waals surface area (Å²) in [5.74, 6) is 1.63. The van der Waals surface area contributed by atoms with Gasteiger partial charge in [-0.1, -0.05) is 34.1 Å². The second-order valence-electron chi connectivity index (χ2n) is 8.03. The maximum atomic E-state index is 3.85. The van der Waals surface area contributed by atoms with Gasteiger partial charge in [-0.05, 0) is 62.6 Å². The minimum Gasteiger partial charge on any atom is -0.313 e. The molecule has 3 atom stereocenters. The van der Waals surface area contributed by atoms with Crippen molar-refractivity contribution in [3.63, 3.8) is 0 Å². The van der Waals surface area contributed by atoms with Gasteiger partial charge in [0.1, 0.15) is 0 Å². The predicted octanol–water partition coefficient (Wildman–Crippen LogP) is 3.52. The molecule has 2 fully saturated rings. The second kappa shape index (κ2) is 6.58. The van der Waals surface area contributed by atoms with Gasteiger partial charge in [0.15, 0.2) is 0 Å². The molecule has 0 spiro atoms. The van der Waals surface area contributed by atoms with Gasteiger partial charge in [0.25, 0.3) is 0 Å². The van der Waals surface area contributed by atoms with Crippen molar-refractivity contribution in [1.29, 1.82) is 0 Å². The van der Waals surface area contributed by atoms with Gasteiger partial charge in [0.2, 0.25) is 0 Å². The summed E-state index contributed by atoms with van der Waals surface area (Å²) in [6.07, 6.45) is 7.00. The molecule has 1 N–H and O–H groups in total. The topological polar surface area (TPSA) is 15.3 Å². The van der Waals surface area contributed by atoms with E-state index >= 15 is 0 Å². The van der Waals surface area contributed by atoms with Gasteiger partial charge >= 0.3 is 0 Å². The molecule has 0 aromatic heterocycles. The quantitative estimate of drug-likeness (QED) is 0.819. The Morgan fingerprint density at radius 2 is 1.84 bits per heavy atom. The lowest BCUT2D eigenvalue weighted by molar-refractivity contribution is 0.196. The Morgan fingerprint density at radius 3 is 2.42 bits per heavy atom. The van der Waals surface area contributed by atoms with Crippen LogP contribution in [0, 0.1) is 17.3 Å². The number of hydrogen-bond acceptors (Lipinski definition) is 2. The molecule has 0 aromatic carbocycles. The Kier molecular flexibility index (Phi) is 5.30. The second-order valence-corrected chi connectivity index (χ2v) is 8.03. The van der Waals surface area contributed by atoms with Crippen LogP contribution in [0.25, 0.3) is 0 Å². The van der Waals surface area contributed by atoms with Gasteiger partial charge in [-0.3, -0.25) is 0 Å². The number of rotatable bonds is 5.